The maximum atomic E-state index is 6.58. The number of fused-ring (bicyclic) bond motifs is 11. The molecule has 172 valence electrons. The third kappa shape index (κ3) is 2.26. The minimum absolute atomic E-state index is 0.417. The van der Waals surface area contributed by atoms with Crippen molar-refractivity contribution in [3.8, 4) is 22.6 Å². The highest BCUT2D eigenvalue weighted by Gasteiger charge is 2.53. The van der Waals surface area contributed by atoms with Gasteiger partial charge in [0.15, 0.2) is 11.5 Å². The molecule has 0 fully saturated rings. The van der Waals surface area contributed by atoms with E-state index in [9.17, 15) is 0 Å². The standard InChI is InChI=1S/C33H24N2O/c1-20(2)21-16-17-29-28(19-21)35-31-26(13-7-15-30(31)36-29)33(27-14-8-18-34-32(27)35)24-11-5-3-9-22(24)23-10-4-6-12-25(23)33/h3-20H,1-2H3. The predicted molar refractivity (Wildman–Crippen MR) is 144 cm³/mol. The number of rotatable bonds is 1. The molecule has 0 bridgehead atoms. The average Bonchev–Trinajstić information content (AvgIpc) is 3.22. The van der Waals surface area contributed by atoms with Gasteiger partial charge < -0.3 is 4.74 Å². The summed E-state index contributed by atoms with van der Waals surface area (Å²) < 4.78 is 6.58. The topological polar surface area (TPSA) is 25.4 Å². The lowest BCUT2D eigenvalue weighted by molar-refractivity contribution is 0.473. The Hall–Kier alpha value is -4.37. The molecule has 8 rings (SSSR count). The summed E-state index contributed by atoms with van der Waals surface area (Å²) in [6.45, 7) is 4.46. The van der Waals surface area contributed by atoms with Gasteiger partial charge in [-0.2, -0.15) is 0 Å². The van der Waals surface area contributed by atoms with Crippen molar-refractivity contribution in [3.05, 3.63) is 131 Å². The van der Waals surface area contributed by atoms with E-state index in [-0.39, 0.29) is 0 Å². The van der Waals surface area contributed by atoms with Crippen LogP contribution in [0.2, 0.25) is 0 Å². The number of hydrogen-bond donors (Lipinski definition) is 0. The third-order valence-electron chi connectivity index (χ3n) is 8.09. The van der Waals surface area contributed by atoms with Gasteiger partial charge in [-0.1, -0.05) is 86.6 Å². The summed E-state index contributed by atoms with van der Waals surface area (Å²) in [6, 6.07) is 35.1. The summed E-state index contributed by atoms with van der Waals surface area (Å²) in [5.74, 6) is 3.12. The minimum Gasteiger partial charge on any atom is -0.453 e. The summed E-state index contributed by atoms with van der Waals surface area (Å²) in [6.07, 6.45) is 1.91. The molecule has 5 aromatic rings. The van der Waals surface area contributed by atoms with E-state index in [2.05, 4.69) is 116 Å². The molecule has 1 spiro atoms. The average molecular weight is 465 g/mol. The lowest BCUT2D eigenvalue weighted by Crippen LogP contribution is -2.37. The van der Waals surface area contributed by atoms with Gasteiger partial charge >= 0.3 is 0 Å². The molecule has 1 aliphatic carbocycles. The largest absolute Gasteiger partial charge is 0.453 e. The fourth-order valence-electron chi connectivity index (χ4n) is 6.58. The van der Waals surface area contributed by atoms with Crippen LogP contribution in [0, 0.1) is 0 Å². The Morgan fingerprint density at radius 3 is 2.14 bits per heavy atom. The Bertz CT molecular complexity index is 1670. The molecule has 2 aliphatic heterocycles. The van der Waals surface area contributed by atoms with Crippen molar-refractivity contribution in [2.75, 3.05) is 4.90 Å². The van der Waals surface area contributed by atoms with Gasteiger partial charge in [0.25, 0.3) is 0 Å². The minimum atomic E-state index is -0.463. The maximum Gasteiger partial charge on any atom is 0.151 e. The van der Waals surface area contributed by atoms with Gasteiger partial charge in [-0.25, -0.2) is 4.98 Å². The van der Waals surface area contributed by atoms with Crippen molar-refractivity contribution in [2.24, 2.45) is 0 Å². The van der Waals surface area contributed by atoms with E-state index in [1.165, 1.54) is 38.9 Å². The quantitative estimate of drug-likeness (QED) is 0.244. The molecule has 3 aliphatic rings. The molecule has 0 saturated carbocycles. The van der Waals surface area contributed by atoms with Crippen LogP contribution in [-0.2, 0) is 5.41 Å². The Balaban J connectivity index is 1.54. The molecule has 3 heteroatoms. The molecule has 0 saturated heterocycles. The van der Waals surface area contributed by atoms with Crippen molar-refractivity contribution >= 4 is 17.2 Å². The van der Waals surface area contributed by atoms with Crippen LogP contribution >= 0.6 is 0 Å². The number of para-hydroxylation sites is 1. The van der Waals surface area contributed by atoms with Gasteiger partial charge in [0.2, 0.25) is 0 Å². The Labute approximate surface area is 210 Å². The summed E-state index contributed by atoms with van der Waals surface area (Å²) in [5, 5.41) is 0. The van der Waals surface area contributed by atoms with Gasteiger partial charge in [0.05, 0.1) is 16.8 Å². The van der Waals surface area contributed by atoms with Crippen LogP contribution in [0.25, 0.3) is 11.1 Å². The fraction of sp³-hybridized carbons (Fsp3) is 0.121. The second-order valence-electron chi connectivity index (χ2n) is 10.2. The lowest BCUT2D eigenvalue weighted by Gasteiger charge is -2.46. The van der Waals surface area contributed by atoms with Crippen LogP contribution in [-0.4, -0.2) is 4.98 Å². The van der Waals surface area contributed by atoms with Crippen LogP contribution in [0.15, 0.2) is 103 Å². The van der Waals surface area contributed by atoms with Crippen molar-refractivity contribution in [2.45, 2.75) is 25.2 Å². The summed E-state index contributed by atoms with van der Waals surface area (Å²) in [4.78, 5) is 7.39. The molecular weight excluding hydrogens is 440 g/mol. The number of pyridine rings is 1. The SMILES string of the molecule is CC(C)c1ccc2c(c1)N1c3ncccc3C3(c4ccccc4-c4ccccc43)c3cccc(c31)O2. The normalized spacial score (nSPS) is 15.0. The van der Waals surface area contributed by atoms with E-state index in [1.54, 1.807) is 0 Å². The van der Waals surface area contributed by atoms with Crippen LogP contribution in [0.5, 0.6) is 11.5 Å². The number of ether oxygens (including phenoxy) is 1. The van der Waals surface area contributed by atoms with Crippen molar-refractivity contribution in [1.82, 2.24) is 4.98 Å². The molecule has 1 aromatic heterocycles. The molecule has 0 unspecified atom stereocenters. The van der Waals surface area contributed by atoms with Crippen molar-refractivity contribution < 1.29 is 4.74 Å². The highest BCUT2D eigenvalue weighted by molar-refractivity contribution is 5.98. The lowest BCUT2D eigenvalue weighted by atomic mass is 9.65. The first-order valence-electron chi connectivity index (χ1n) is 12.6. The predicted octanol–water partition coefficient (Wildman–Crippen LogP) is 8.46. The van der Waals surface area contributed by atoms with Crippen LogP contribution < -0.4 is 9.64 Å². The molecule has 36 heavy (non-hydrogen) atoms. The van der Waals surface area contributed by atoms with Crippen molar-refractivity contribution in [3.63, 3.8) is 0 Å². The number of anilines is 3. The van der Waals surface area contributed by atoms with Gasteiger partial charge in [0, 0.05) is 11.8 Å². The van der Waals surface area contributed by atoms with Crippen LogP contribution in [0.1, 0.15) is 47.6 Å². The van der Waals surface area contributed by atoms with Crippen LogP contribution in [0.3, 0.4) is 0 Å². The first-order chi connectivity index (χ1) is 17.7. The molecule has 4 aromatic carbocycles. The molecule has 0 radical (unpaired) electrons. The summed E-state index contributed by atoms with van der Waals surface area (Å²) in [7, 11) is 0. The maximum absolute atomic E-state index is 6.58. The van der Waals surface area contributed by atoms with E-state index in [0.717, 1.165) is 28.7 Å². The monoisotopic (exact) mass is 464 g/mol. The number of nitrogens with zero attached hydrogens (tertiary/aromatic N) is 2. The van der Waals surface area contributed by atoms with E-state index in [0.29, 0.717) is 5.92 Å². The van der Waals surface area contributed by atoms with E-state index in [4.69, 9.17) is 9.72 Å². The Kier molecular flexibility index (Phi) is 3.79. The molecule has 3 heterocycles. The summed E-state index contributed by atoms with van der Waals surface area (Å²) >= 11 is 0. The van der Waals surface area contributed by atoms with Gasteiger partial charge in [-0.05, 0) is 63.6 Å². The third-order valence-corrected chi connectivity index (χ3v) is 8.09. The summed E-state index contributed by atoms with van der Waals surface area (Å²) in [5.41, 5.74) is 10.6. The van der Waals surface area contributed by atoms with Gasteiger partial charge in [-0.3, -0.25) is 4.90 Å². The Morgan fingerprint density at radius 2 is 1.39 bits per heavy atom. The molecular formula is C33H24N2O. The zero-order valence-corrected chi connectivity index (χ0v) is 20.2. The smallest absolute Gasteiger partial charge is 0.151 e. The number of benzene rings is 4. The zero-order valence-electron chi connectivity index (χ0n) is 20.2. The Morgan fingerprint density at radius 1 is 0.694 bits per heavy atom. The van der Waals surface area contributed by atoms with Crippen LogP contribution in [0.4, 0.5) is 17.2 Å². The molecule has 3 nitrogen and oxygen atoms in total. The molecule has 0 N–H and O–H groups in total. The zero-order chi connectivity index (χ0) is 24.0. The fourth-order valence-corrected chi connectivity index (χ4v) is 6.58. The first-order valence-corrected chi connectivity index (χ1v) is 12.6. The highest BCUT2D eigenvalue weighted by Crippen LogP contribution is 2.66. The van der Waals surface area contributed by atoms with E-state index in [1.807, 2.05) is 6.20 Å². The van der Waals surface area contributed by atoms with Gasteiger partial charge in [-0.15, -0.1) is 0 Å². The molecule has 0 amide bonds. The van der Waals surface area contributed by atoms with E-state index < -0.39 is 5.41 Å². The second kappa shape index (κ2) is 6.86. The first kappa shape index (κ1) is 19.9. The van der Waals surface area contributed by atoms with E-state index >= 15 is 0 Å². The number of aromatic nitrogens is 1. The molecule has 0 atom stereocenters. The van der Waals surface area contributed by atoms with Crippen molar-refractivity contribution in [1.29, 1.82) is 0 Å². The highest BCUT2D eigenvalue weighted by atomic mass is 16.5. The number of hydrogen-bond acceptors (Lipinski definition) is 3. The second-order valence-corrected chi connectivity index (χ2v) is 10.2. The van der Waals surface area contributed by atoms with Gasteiger partial charge in [0.1, 0.15) is 5.82 Å².